The minimum atomic E-state index is 0. The first-order valence-electron chi connectivity index (χ1n) is 3.38. The van der Waals surface area contributed by atoms with Crippen LogP contribution in [0.2, 0.25) is 0 Å². The fourth-order valence-electron chi connectivity index (χ4n) is 0.877. The van der Waals surface area contributed by atoms with E-state index in [9.17, 15) is 0 Å². The molecule has 0 unspecified atom stereocenters. The maximum absolute atomic E-state index is 2.99. The molecule has 1 rings (SSSR count). The predicted molar refractivity (Wildman–Crippen MR) is 39.3 cm³/mol. The minimum Gasteiger partial charge on any atom is -0.184 e. The van der Waals surface area contributed by atoms with E-state index in [0.717, 1.165) is 0 Å². The first-order valence-corrected chi connectivity index (χ1v) is 3.38. The summed E-state index contributed by atoms with van der Waals surface area (Å²) in [7, 11) is 0. The molecule has 51 valence electrons. The predicted octanol–water partition coefficient (Wildman–Crippen LogP) is 2.44. The summed E-state index contributed by atoms with van der Waals surface area (Å²) < 4.78 is 0. The van der Waals surface area contributed by atoms with Gasteiger partial charge in [-0.1, -0.05) is 19.8 Å². The van der Waals surface area contributed by atoms with Crippen molar-refractivity contribution in [2.75, 3.05) is 0 Å². The number of aryl methyl sites for hydroxylation is 1. The molecule has 0 aromatic heterocycles. The van der Waals surface area contributed by atoms with Gasteiger partial charge >= 0.3 is 0 Å². The third-order valence-corrected chi connectivity index (χ3v) is 1.33. The van der Waals surface area contributed by atoms with Crippen LogP contribution >= 0.6 is 0 Å². The van der Waals surface area contributed by atoms with Crippen molar-refractivity contribution in [3.63, 3.8) is 0 Å². The first kappa shape index (κ1) is 10.3. The van der Waals surface area contributed by atoms with E-state index in [1.54, 1.807) is 0 Å². The average Bonchev–Trinajstić information content (AvgIpc) is 1.91. The van der Waals surface area contributed by atoms with Gasteiger partial charge in [-0.2, -0.15) is 35.9 Å². The van der Waals surface area contributed by atoms with Gasteiger partial charge in [-0.05, 0) is 0 Å². The Morgan fingerprint density at radius 1 is 1.30 bits per heavy atom. The van der Waals surface area contributed by atoms with E-state index in [1.165, 1.54) is 18.4 Å². The van der Waals surface area contributed by atoms with E-state index in [1.807, 2.05) is 12.1 Å². The van der Waals surface area contributed by atoms with Crippen LogP contribution in [0.1, 0.15) is 18.9 Å². The average molecular weight is 208 g/mol. The molecule has 1 heteroatoms. The van der Waals surface area contributed by atoms with Crippen molar-refractivity contribution in [2.45, 2.75) is 19.8 Å². The Hall–Kier alpha value is 0.324. The Kier molecular flexibility index (Phi) is 6.26. The van der Waals surface area contributed by atoms with Crippen LogP contribution in [0.5, 0.6) is 0 Å². The molecule has 0 spiro atoms. The topological polar surface area (TPSA) is 0 Å². The molecule has 0 fully saturated rings. The van der Waals surface area contributed by atoms with Crippen LogP contribution in [0, 0.1) is 6.07 Å². The Labute approximate surface area is 87.9 Å². The van der Waals surface area contributed by atoms with Crippen LogP contribution in [0.25, 0.3) is 0 Å². The van der Waals surface area contributed by atoms with Gasteiger partial charge in [-0.15, -0.1) is 0 Å². The summed E-state index contributed by atoms with van der Waals surface area (Å²) in [5, 5.41) is 0. The molecule has 0 amide bonds. The molecule has 0 heterocycles. The minimum absolute atomic E-state index is 0. The van der Waals surface area contributed by atoms with Gasteiger partial charge in [0.25, 0.3) is 0 Å². The van der Waals surface area contributed by atoms with Crippen LogP contribution in [0.15, 0.2) is 24.3 Å². The summed E-state index contributed by atoms with van der Waals surface area (Å²) in [6, 6.07) is 11.1. The van der Waals surface area contributed by atoms with E-state index < -0.39 is 0 Å². The Morgan fingerprint density at radius 2 is 1.90 bits per heavy atom. The van der Waals surface area contributed by atoms with E-state index in [-0.39, 0.29) is 32.7 Å². The smallest absolute Gasteiger partial charge is 0 e. The fraction of sp³-hybridized carbons (Fsp3) is 0.333. The van der Waals surface area contributed by atoms with Gasteiger partial charge in [0.15, 0.2) is 0 Å². The van der Waals surface area contributed by atoms with Crippen molar-refractivity contribution in [2.24, 2.45) is 0 Å². The summed E-state index contributed by atoms with van der Waals surface area (Å²) in [6.45, 7) is 2.19. The third-order valence-electron chi connectivity index (χ3n) is 1.33. The summed E-state index contributed by atoms with van der Waals surface area (Å²) >= 11 is 0. The Morgan fingerprint density at radius 3 is 2.40 bits per heavy atom. The van der Waals surface area contributed by atoms with Crippen LogP contribution in [-0.2, 0) is 39.1 Å². The molecule has 10 heavy (non-hydrogen) atoms. The van der Waals surface area contributed by atoms with Crippen LogP contribution in [-0.4, -0.2) is 0 Å². The van der Waals surface area contributed by atoms with Crippen molar-refractivity contribution in [3.05, 3.63) is 35.9 Å². The molecule has 0 bridgehead atoms. The zero-order valence-corrected chi connectivity index (χ0v) is 9.14. The fourth-order valence-corrected chi connectivity index (χ4v) is 0.877. The van der Waals surface area contributed by atoms with Crippen LogP contribution in [0.4, 0.5) is 0 Å². The second-order valence-corrected chi connectivity index (χ2v) is 2.16. The van der Waals surface area contributed by atoms with Gasteiger partial charge in [0, 0.05) is 32.7 Å². The standard InChI is InChI=1S/C9H11.Y/c1-2-6-9-7-4-3-5-8-9;/h4-5,7-8H,2,6H2,1H3;/q-1;. The molecule has 0 saturated heterocycles. The van der Waals surface area contributed by atoms with Gasteiger partial charge in [-0.3, -0.25) is 0 Å². The number of hydrogen-bond donors (Lipinski definition) is 0. The molecule has 1 radical (unpaired) electrons. The zero-order chi connectivity index (χ0) is 6.53. The second-order valence-electron chi connectivity index (χ2n) is 2.16. The number of rotatable bonds is 2. The van der Waals surface area contributed by atoms with Crippen LogP contribution in [0.3, 0.4) is 0 Å². The number of hydrogen-bond acceptors (Lipinski definition) is 0. The normalized spacial score (nSPS) is 8.50. The molecule has 0 saturated carbocycles. The quantitative estimate of drug-likeness (QED) is 0.655. The molecule has 0 aliphatic heterocycles. The van der Waals surface area contributed by atoms with Crippen LogP contribution < -0.4 is 0 Å². The van der Waals surface area contributed by atoms with Gasteiger partial charge < -0.3 is 0 Å². The van der Waals surface area contributed by atoms with Gasteiger partial charge in [-0.25, -0.2) is 0 Å². The SMILES string of the molecule is CCCc1cc[c-]cc1.[Y]. The van der Waals surface area contributed by atoms with Gasteiger partial charge in [0.05, 0.1) is 0 Å². The molecular formula is C9H11Y-. The molecule has 1 aromatic carbocycles. The maximum atomic E-state index is 2.99. The molecular weight excluding hydrogens is 197 g/mol. The molecule has 0 aliphatic carbocycles. The first-order chi connectivity index (χ1) is 4.43. The molecule has 0 nitrogen and oxygen atoms in total. The summed E-state index contributed by atoms with van der Waals surface area (Å²) in [5.41, 5.74) is 1.41. The molecule has 0 aliphatic rings. The summed E-state index contributed by atoms with van der Waals surface area (Å²) in [4.78, 5) is 0. The van der Waals surface area contributed by atoms with E-state index in [2.05, 4.69) is 25.1 Å². The van der Waals surface area contributed by atoms with Crippen molar-refractivity contribution in [3.8, 4) is 0 Å². The van der Waals surface area contributed by atoms with Crippen molar-refractivity contribution < 1.29 is 32.7 Å². The largest absolute Gasteiger partial charge is 0.184 e. The molecule has 0 N–H and O–H groups in total. The third kappa shape index (κ3) is 3.48. The molecule has 0 atom stereocenters. The zero-order valence-electron chi connectivity index (χ0n) is 6.30. The number of benzene rings is 1. The van der Waals surface area contributed by atoms with E-state index in [4.69, 9.17) is 0 Å². The van der Waals surface area contributed by atoms with E-state index >= 15 is 0 Å². The molecule has 1 aromatic rings. The monoisotopic (exact) mass is 208 g/mol. The van der Waals surface area contributed by atoms with E-state index in [0.29, 0.717) is 0 Å². The Bertz CT molecular complexity index is 158. The second kappa shape index (κ2) is 6.06. The van der Waals surface area contributed by atoms with Crippen molar-refractivity contribution in [1.82, 2.24) is 0 Å². The van der Waals surface area contributed by atoms with Gasteiger partial charge in [0.1, 0.15) is 0 Å². The Balaban J connectivity index is 0.000000810. The summed E-state index contributed by atoms with van der Waals surface area (Å²) in [5.74, 6) is 0. The summed E-state index contributed by atoms with van der Waals surface area (Å²) in [6.07, 6.45) is 2.42. The van der Waals surface area contributed by atoms with Crippen molar-refractivity contribution in [1.29, 1.82) is 0 Å². The van der Waals surface area contributed by atoms with Gasteiger partial charge in [0.2, 0.25) is 0 Å². The van der Waals surface area contributed by atoms with Crippen molar-refractivity contribution >= 4 is 0 Å². The maximum Gasteiger partial charge on any atom is 0 e.